The van der Waals surface area contributed by atoms with Crippen molar-refractivity contribution >= 4 is 46.5 Å². The molecule has 2 bridgehead atoms. The minimum absolute atomic E-state index is 0.0175. The molecule has 0 radical (unpaired) electrons. The molecule has 8 nitrogen and oxygen atoms in total. The highest BCUT2D eigenvalue weighted by Crippen LogP contribution is 2.68. The molecule has 2 aliphatic heterocycles. The number of hydrogen-bond acceptors (Lipinski definition) is 7. The summed E-state index contributed by atoms with van der Waals surface area (Å²) in [6, 6.07) is 11.4. The van der Waals surface area contributed by atoms with E-state index in [4.69, 9.17) is 0 Å². The Labute approximate surface area is 220 Å². The van der Waals surface area contributed by atoms with Gasteiger partial charge in [0.05, 0.1) is 16.9 Å². The summed E-state index contributed by atoms with van der Waals surface area (Å²) < 4.78 is 0. The summed E-state index contributed by atoms with van der Waals surface area (Å²) in [4.78, 5) is 61.8. The van der Waals surface area contributed by atoms with Gasteiger partial charge in [-0.25, -0.2) is 0 Å². The van der Waals surface area contributed by atoms with Crippen LogP contribution in [-0.4, -0.2) is 44.4 Å². The predicted octanol–water partition coefficient (Wildman–Crippen LogP) is 3.25. The summed E-state index contributed by atoms with van der Waals surface area (Å²) in [6.45, 7) is 1.63. The first-order valence-electron chi connectivity index (χ1n) is 12.4. The summed E-state index contributed by atoms with van der Waals surface area (Å²) in [5.74, 6) is -1.53. The number of para-hydroxylation sites is 1. The molecular formula is C27H24N4O4S2. The van der Waals surface area contributed by atoms with E-state index in [2.05, 4.69) is 15.3 Å². The maximum Gasteiger partial charge on any atom is 0.305 e. The van der Waals surface area contributed by atoms with Crippen molar-refractivity contribution in [3.63, 3.8) is 0 Å². The van der Waals surface area contributed by atoms with Gasteiger partial charge in [-0.15, -0.1) is 11.8 Å². The van der Waals surface area contributed by atoms with Crippen molar-refractivity contribution in [2.24, 2.45) is 29.6 Å². The van der Waals surface area contributed by atoms with Gasteiger partial charge in [0.1, 0.15) is 6.54 Å². The number of carbonyl (C=O) groups is 3. The van der Waals surface area contributed by atoms with Crippen molar-refractivity contribution in [2.45, 2.75) is 29.5 Å². The molecule has 2 aliphatic carbocycles. The number of nitrogens with one attached hydrogen (secondary N) is 2. The molecule has 37 heavy (non-hydrogen) atoms. The molecule has 4 aliphatic rings. The zero-order chi connectivity index (χ0) is 25.4. The summed E-state index contributed by atoms with van der Waals surface area (Å²) >= 11 is 2.89. The van der Waals surface area contributed by atoms with Crippen LogP contribution in [0, 0.1) is 36.5 Å². The number of aromatic nitrogens is 2. The van der Waals surface area contributed by atoms with Gasteiger partial charge in [0.25, 0.3) is 0 Å². The first-order valence-corrected chi connectivity index (χ1v) is 14.1. The highest BCUT2D eigenvalue weighted by Gasteiger charge is 2.69. The quantitative estimate of drug-likeness (QED) is 0.499. The molecule has 3 amide bonds. The lowest BCUT2D eigenvalue weighted by molar-refractivity contribution is -0.143. The molecular weight excluding hydrogens is 508 g/mol. The van der Waals surface area contributed by atoms with Crippen molar-refractivity contribution < 1.29 is 14.4 Å². The Kier molecular flexibility index (Phi) is 5.20. The number of nitrogens with zero attached hydrogens (tertiary/aromatic N) is 2. The Hall–Kier alpha value is -3.24. The number of benzene rings is 1. The normalized spacial score (nSPS) is 31.3. The van der Waals surface area contributed by atoms with Crippen molar-refractivity contribution in [2.75, 3.05) is 11.9 Å². The van der Waals surface area contributed by atoms with Gasteiger partial charge in [-0.2, -0.15) is 0 Å². The second-order valence-electron chi connectivity index (χ2n) is 10.4. The second kappa shape index (κ2) is 8.39. The number of amides is 3. The average Bonchev–Trinajstić information content (AvgIpc) is 3.62. The molecule has 3 aromatic rings. The zero-order valence-corrected chi connectivity index (χ0v) is 21.6. The lowest BCUT2D eigenvalue weighted by Gasteiger charge is -2.42. The van der Waals surface area contributed by atoms with Crippen LogP contribution >= 0.6 is 23.1 Å². The minimum atomic E-state index is -0.415. The summed E-state index contributed by atoms with van der Waals surface area (Å²) in [7, 11) is 0. The zero-order valence-electron chi connectivity index (χ0n) is 19.9. The average molecular weight is 533 g/mol. The van der Waals surface area contributed by atoms with E-state index in [1.807, 2.05) is 43.5 Å². The van der Waals surface area contributed by atoms with Crippen LogP contribution in [0.3, 0.4) is 0 Å². The van der Waals surface area contributed by atoms with Crippen LogP contribution in [0.4, 0.5) is 5.69 Å². The second-order valence-corrected chi connectivity index (χ2v) is 12.6. The molecule has 6 unspecified atom stereocenters. The number of imide groups is 1. The molecule has 188 valence electrons. The molecule has 0 spiro atoms. The number of hydrogen-bond donors (Lipinski definition) is 2. The Morgan fingerprint density at radius 1 is 1.11 bits per heavy atom. The lowest BCUT2D eigenvalue weighted by atomic mass is 9.68. The van der Waals surface area contributed by atoms with Gasteiger partial charge in [0.15, 0.2) is 0 Å². The first-order chi connectivity index (χ1) is 17.9. The molecule has 2 saturated carbocycles. The molecule has 1 saturated heterocycles. The SMILES string of the molecule is Cc1ccccc1NC(=O)CN1C(=O)C2C3CC(C2C1=O)C1C3Sc2[nH]c(=O)sc2[C@@H]1c1cccnc1. The Bertz CT molecular complexity index is 1500. The van der Waals surface area contributed by atoms with Crippen LogP contribution in [0.2, 0.25) is 0 Å². The first kappa shape index (κ1) is 22.9. The number of thioether (sulfide) groups is 1. The van der Waals surface area contributed by atoms with Crippen LogP contribution in [0.15, 0.2) is 58.6 Å². The van der Waals surface area contributed by atoms with E-state index in [0.29, 0.717) is 5.69 Å². The van der Waals surface area contributed by atoms with Crippen molar-refractivity contribution in [3.05, 3.63) is 74.5 Å². The Balaban J connectivity index is 1.19. The van der Waals surface area contributed by atoms with E-state index < -0.39 is 11.8 Å². The van der Waals surface area contributed by atoms with E-state index in [0.717, 1.165) is 27.5 Å². The molecule has 2 aromatic heterocycles. The van der Waals surface area contributed by atoms with Crippen LogP contribution < -0.4 is 10.2 Å². The fourth-order valence-corrected chi connectivity index (χ4v) is 10.1. The van der Waals surface area contributed by atoms with Crippen molar-refractivity contribution in [3.8, 4) is 0 Å². The van der Waals surface area contributed by atoms with E-state index in [-0.39, 0.29) is 58.1 Å². The van der Waals surface area contributed by atoms with Gasteiger partial charge >= 0.3 is 4.87 Å². The summed E-state index contributed by atoms with van der Waals surface area (Å²) in [5.41, 5.74) is 2.62. The number of fused-ring (bicyclic) bond motifs is 9. The van der Waals surface area contributed by atoms with Crippen molar-refractivity contribution in [1.29, 1.82) is 0 Å². The van der Waals surface area contributed by atoms with E-state index >= 15 is 0 Å². The van der Waals surface area contributed by atoms with Crippen LogP contribution in [0.1, 0.15) is 28.3 Å². The third-order valence-corrected chi connectivity index (χ3v) is 11.2. The molecule has 4 heterocycles. The van der Waals surface area contributed by atoms with Gasteiger partial charge in [-0.3, -0.25) is 29.1 Å². The van der Waals surface area contributed by atoms with Gasteiger partial charge in [0.2, 0.25) is 17.7 Å². The smallest absolute Gasteiger partial charge is 0.305 e. The predicted molar refractivity (Wildman–Crippen MR) is 139 cm³/mol. The van der Waals surface area contributed by atoms with Crippen LogP contribution in [0.25, 0.3) is 0 Å². The topological polar surface area (TPSA) is 112 Å². The number of H-pyrrole nitrogens is 1. The Morgan fingerprint density at radius 3 is 2.65 bits per heavy atom. The molecule has 7 rings (SSSR count). The van der Waals surface area contributed by atoms with Gasteiger partial charge in [-0.1, -0.05) is 35.6 Å². The number of carbonyl (C=O) groups excluding carboxylic acids is 3. The van der Waals surface area contributed by atoms with E-state index in [1.165, 1.54) is 16.2 Å². The minimum Gasteiger partial charge on any atom is -0.324 e. The number of likely N-dealkylation sites (tertiary alicyclic amines) is 1. The third-order valence-electron chi connectivity index (χ3n) is 8.58. The van der Waals surface area contributed by atoms with Crippen molar-refractivity contribution in [1.82, 2.24) is 14.9 Å². The third kappa shape index (κ3) is 3.38. The molecule has 7 atom stereocenters. The van der Waals surface area contributed by atoms with E-state index in [1.54, 1.807) is 24.0 Å². The summed E-state index contributed by atoms with van der Waals surface area (Å²) in [5, 5.41) is 3.84. The number of aryl methyl sites for hydroxylation is 1. The molecule has 2 N–H and O–H groups in total. The number of anilines is 1. The number of pyridine rings is 1. The van der Waals surface area contributed by atoms with Crippen LogP contribution in [0.5, 0.6) is 0 Å². The maximum absolute atomic E-state index is 13.7. The van der Waals surface area contributed by atoms with Gasteiger partial charge < -0.3 is 10.3 Å². The fourth-order valence-electron chi connectivity index (χ4n) is 7.21. The number of aromatic amines is 1. The highest BCUT2D eigenvalue weighted by molar-refractivity contribution is 8.00. The molecule has 1 aromatic carbocycles. The molecule has 10 heteroatoms. The number of thiazole rings is 1. The van der Waals surface area contributed by atoms with E-state index in [9.17, 15) is 19.2 Å². The fraction of sp³-hybridized carbons (Fsp3) is 0.370. The molecule has 3 fully saturated rings. The Morgan fingerprint density at radius 2 is 1.89 bits per heavy atom. The summed E-state index contributed by atoms with van der Waals surface area (Å²) in [6.07, 6.45) is 4.39. The number of rotatable bonds is 4. The van der Waals surface area contributed by atoms with Gasteiger partial charge in [-0.05, 0) is 54.4 Å². The monoisotopic (exact) mass is 532 g/mol. The largest absolute Gasteiger partial charge is 0.324 e. The lowest BCUT2D eigenvalue weighted by Crippen LogP contribution is -2.42. The standard InChI is InChI=1S/C27H24N4O4S2/c1-12-5-2-3-7-16(12)29-17(32)11-31-25(33)20-14-9-15(21(20)26(31)34)22-19(14)18(13-6-4-8-28-10-13)23-24(36-22)30-27(35)37-23/h2-8,10,14-15,18-22H,9,11H2,1H3,(H,29,32)(H,30,35)/t14?,15?,18-,19?,20?,21?,22?/m1/s1. The maximum atomic E-state index is 13.7. The highest BCUT2D eigenvalue weighted by atomic mass is 32.2. The van der Waals surface area contributed by atoms with Gasteiger partial charge in [0, 0.05) is 34.1 Å². The van der Waals surface area contributed by atoms with Crippen LogP contribution in [-0.2, 0) is 14.4 Å².